The molecule has 1 atom stereocenters. The maximum atomic E-state index is 12.8. The van der Waals surface area contributed by atoms with Gasteiger partial charge in [0.05, 0.1) is 31.0 Å². The number of rotatable bonds is 13. The lowest BCUT2D eigenvalue weighted by Crippen LogP contribution is -2.45. The van der Waals surface area contributed by atoms with Crippen LogP contribution in [0, 0.1) is 0 Å². The molecule has 0 radical (unpaired) electrons. The smallest absolute Gasteiger partial charge is 0.338 e. The average molecular weight is 653 g/mol. The zero-order chi connectivity index (χ0) is 33.2. The number of esters is 1. The molecule has 0 saturated heterocycles. The van der Waals surface area contributed by atoms with Crippen molar-refractivity contribution in [2.45, 2.75) is 33.4 Å². The third-order valence-electron chi connectivity index (χ3n) is 7.23. The first-order chi connectivity index (χ1) is 22.9. The minimum absolute atomic E-state index is 0.225. The van der Waals surface area contributed by atoms with Crippen LogP contribution in [-0.2, 0) is 20.9 Å². The zero-order valence-electron chi connectivity index (χ0n) is 26.4. The number of carbonyl (C=O) groups is 2. The van der Waals surface area contributed by atoms with Gasteiger partial charge in [0, 0.05) is 11.3 Å². The molecule has 3 N–H and O–H groups in total. The van der Waals surface area contributed by atoms with Gasteiger partial charge in [-0.1, -0.05) is 54.6 Å². The number of nitrogens with one attached hydrogen (secondary N) is 3. The predicted octanol–water partition coefficient (Wildman–Crippen LogP) is 5.70. The van der Waals surface area contributed by atoms with Crippen molar-refractivity contribution in [3.05, 3.63) is 113 Å². The van der Waals surface area contributed by atoms with E-state index in [1.807, 2.05) is 43.3 Å². The summed E-state index contributed by atoms with van der Waals surface area (Å²) in [6.07, 6.45) is 1.51. The Hall–Kier alpha value is -5.42. The van der Waals surface area contributed by atoms with Crippen molar-refractivity contribution in [3.8, 4) is 17.2 Å². The second-order valence-electron chi connectivity index (χ2n) is 10.5. The number of amides is 1. The Morgan fingerprint density at radius 3 is 2.47 bits per heavy atom. The highest BCUT2D eigenvalue weighted by Gasteiger charge is 2.32. The molecule has 0 aliphatic carbocycles. The summed E-state index contributed by atoms with van der Waals surface area (Å²) in [6.45, 7) is 6.15. The van der Waals surface area contributed by atoms with Gasteiger partial charge in [-0.15, -0.1) is 0 Å². The van der Waals surface area contributed by atoms with Crippen LogP contribution in [0.4, 0.5) is 0 Å². The minimum atomic E-state index is -0.626. The monoisotopic (exact) mass is 652 g/mol. The first kappa shape index (κ1) is 33.0. The Morgan fingerprint density at radius 2 is 1.66 bits per heavy atom. The summed E-state index contributed by atoms with van der Waals surface area (Å²) in [7, 11) is 0. The van der Waals surface area contributed by atoms with Gasteiger partial charge in [0.25, 0.3) is 5.91 Å². The molecular formula is C36H36N4O6S. The van der Waals surface area contributed by atoms with E-state index in [9.17, 15) is 9.59 Å². The Bertz CT molecular complexity index is 1840. The lowest BCUT2D eigenvalue weighted by molar-refractivity contribution is -0.139. The van der Waals surface area contributed by atoms with Gasteiger partial charge in [0.2, 0.25) is 0 Å². The Kier molecular flexibility index (Phi) is 11.0. The highest BCUT2D eigenvalue weighted by molar-refractivity contribution is 7.80. The summed E-state index contributed by atoms with van der Waals surface area (Å²) in [5.74, 6) is 0.636. The molecule has 47 heavy (non-hydrogen) atoms. The second-order valence-corrected chi connectivity index (χ2v) is 10.9. The van der Waals surface area contributed by atoms with Crippen LogP contribution in [0.15, 0.2) is 101 Å². The van der Waals surface area contributed by atoms with Gasteiger partial charge in [-0.3, -0.25) is 4.79 Å². The molecule has 0 unspecified atom stereocenters. The lowest BCUT2D eigenvalue weighted by atomic mass is 9.95. The largest absolute Gasteiger partial charge is 0.490 e. The fourth-order valence-electron chi connectivity index (χ4n) is 5.09. The van der Waals surface area contributed by atoms with Crippen molar-refractivity contribution in [3.63, 3.8) is 0 Å². The highest BCUT2D eigenvalue weighted by atomic mass is 32.1. The van der Waals surface area contributed by atoms with Crippen LogP contribution >= 0.6 is 12.2 Å². The third kappa shape index (κ3) is 8.44. The van der Waals surface area contributed by atoms with Crippen molar-refractivity contribution in [1.29, 1.82) is 0 Å². The van der Waals surface area contributed by atoms with Crippen LogP contribution in [0.3, 0.4) is 0 Å². The maximum absolute atomic E-state index is 12.8. The van der Waals surface area contributed by atoms with E-state index in [1.54, 1.807) is 38.1 Å². The molecule has 5 rings (SSSR count). The topological polar surface area (TPSA) is 120 Å². The molecule has 4 aromatic rings. The number of para-hydroxylation sites is 1. The zero-order valence-corrected chi connectivity index (χ0v) is 27.2. The van der Waals surface area contributed by atoms with Gasteiger partial charge in [0.1, 0.15) is 12.4 Å². The number of nitrogens with zero attached hydrogens (tertiary/aromatic N) is 1. The molecule has 0 bridgehead atoms. The molecule has 0 aromatic heterocycles. The Balaban J connectivity index is 1.20. The quantitative estimate of drug-likeness (QED) is 0.0723. The van der Waals surface area contributed by atoms with Crippen LogP contribution in [0.5, 0.6) is 17.2 Å². The van der Waals surface area contributed by atoms with Crippen LogP contribution in [0.25, 0.3) is 10.8 Å². The third-order valence-corrected chi connectivity index (χ3v) is 7.45. The summed E-state index contributed by atoms with van der Waals surface area (Å²) in [6, 6.07) is 26.4. The first-order valence-electron chi connectivity index (χ1n) is 15.2. The van der Waals surface area contributed by atoms with Gasteiger partial charge < -0.3 is 29.6 Å². The van der Waals surface area contributed by atoms with E-state index < -0.39 is 17.9 Å². The van der Waals surface area contributed by atoms with E-state index in [-0.39, 0.29) is 13.2 Å². The first-order valence-corrected chi connectivity index (χ1v) is 15.6. The highest BCUT2D eigenvalue weighted by Crippen LogP contribution is 2.34. The van der Waals surface area contributed by atoms with E-state index in [0.717, 1.165) is 10.9 Å². The summed E-state index contributed by atoms with van der Waals surface area (Å²) < 4.78 is 23.1. The summed E-state index contributed by atoms with van der Waals surface area (Å²) in [5.41, 5.74) is 5.83. The van der Waals surface area contributed by atoms with E-state index >= 15 is 0 Å². The number of ether oxygens (including phenoxy) is 4. The maximum Gasteiger partial charge on any atom is 0.338 e. The van der Waals surface area contributed by atoms with Gasteiger partial charge in [-0.2, -0.15) is 5.10 Å². The number of allylic oxidation sites excluding steroid dienone is 1. The van der Waals surface area contributed by atoms with Gasteiger partial charge >= 0.3 is 5.97 Å². The van der Waals surface area contributed by atoms with Crippen LogP contribution in [0.2, 0.25) is 0 Å². The molecular weight excluding hydrogens is 616 g/mol. The minimum Gasteiger partial charge on any atom is -0.490 e. The number of carbonyl (C=O) groups excluding carboxylic acids is 2. The normalized spacial score (nSPS) is 14.4. The lowest BCUT2D eigenvalue weighted by Gasteiger charge is -2.30. The van der Waals surface area contributed by atoms with Crippen LogP contribution in [0.1, 0.15) is 43.5 Å². The Morgan fingerprint density at radius 1 is 0.872 bits per heavy atom. The number of hydrazone groups is 1. The number of hydrogen-bond donors (Lipinski definition) is 3. The Labute approximate surface area is 278 Å². The van der Waals surface area contributed by atoms with E-state index in [4.69, 9.17) is 31.2 Å². The van der Waals surface area contributed by atoms with E-state index in [1.165, 1.54) is 11.6 Å². The molecule has 4 aromatic carbocycles. The standard InChI is InChI=1S/C36H36N4O6S/c1-4-43-31-19-24(15-17-30(31)45-21-25-14-16-26-10-6-7-11-27(26)18-25)20-37-40-32(41)22-46-29-13-9-8-12-28(29)34-33(35(42)44-5-2)23(3)38-36(47)39-34/h6-20,34H,4-5,21-22H2,1-3H3,(H,40,41)(H2,38,39,47)/t34-/m1/s1. The molecule has 1 aliphatic rings. The average Bonchev–Trinajstić information content (AvgIpc) is 3.07. The molecule has 1 aliphatic heterocycles. The molecule has 1 heterocycles. The van der Waals surface area contributed by atoms with Gasteiger partial charge in [-0.05, 0) is 85.2 Å². The number of fused-ring (bicyclic) bond motifs is 1. The summed E-state index contributed by atoms with van der Waals surface area (Å²) in [5, 5.41) is 12.9. The predicted molar refractivity (Wildman–Crippen MR) is 185 cm³/mol. The molecule has 0 fully saturated rings. The van der Waals surface area contributed by atoms with Crippen molar-refractivity contribution in [2.24, 2.45) is 5.10 Å². The molecule has 0 spiro atoms. The fourth-order valence-corrected chi connectivity index (χ4v) is 5.36. The molecule has 0 saturated carbocycles. The van der Waals surface area contributed by atoms with Crippen molar-refractivity contribution in [1.82, 2.24) is 16.1 Å². The molecule has 11 heteroatoms. The van der Waals surface area contributed by atoms with Crippen molar-refractivity contribution < 1.29 is 28.5 Å². The summed E-state index contributed by atoms with van der Waals surface area (Å²) >= 11 is 5.33. The van der Waals surface area contributed by atoms with Crippen molar-refractivity contribution in [2.75, 3.05) is 19.8 Å². The number of hydrogen-bond acceptors (Lipinski definition) is 8. The van der Waals surface area contributed by atoms with E-state index in [0.29, 0.717) is 58.0 Å². The molecule has 10 nitrogen and oxygen atoms in total. The van der Waals surface area contributed by atoms with E-state index in [2.05, 4.69) is 45.4 Å². The SMILES string of the molecule is CCOC(=O)C1=C(C)NC(=S)N[C@@H]1c1ccccc1OCC(=O)NN=Cc1ccc(OCc2ccc3ccccc3c2)c(OCC)c1. The summed E-state index contributed by atoms with van der Waals surface area (Å²) in [4.78, 5) is 25.4. The number of thiocarbonyl (C=S) groups is 1. The molecule has 242 valence electrons. The fraction of sp³-hybridized carbons (Fsp3) is 0.222. The van der Waals surface area contributed by atoms with Gasteiger partial charge in [-0.25, -0.2) is 10.2 Å². The van der Waals surface area contributed by atoms with Crippen molar-refractivity contribution >= 4 is 46.2 Å². The van der Waals surface area contributed by atoms with Gasteiger partial charge in [0.15, 0.2) is 23.2 Å². The number of benzene rings is 4. The molecule has 1 amide bonds. The van der Waals surface area contributed by atoms with Crippen LogP contribution in [-0.4, -0.2) is 43.0 Å². The second kappa shape index (κ2) is 15.7. The van der Waals surface area contributed by atoms with Crippen LogP contribution < -0.4 is 30.3 Å².